The quantitative estimate of drug-likeness (QED) is 0.689. The lowest BCUT2D eigenvalue weighted by molar-refractivity contribution is 0.0959. The van der Waals surface area contributed by atoms with Crippen LogP contribution in [0.4, 0.5) is 5.69 Å². The van der Waals surface area contributed by atoms with E-state index in [-0.39, 0.29) is 5.91 Å². The zero-order valence-corrected chi connectivity index (χ0v) is 12.7. The molecule has 0 unspecified atom stereocenters. The molecule has 116 valence electrons. The van der Waals surface area contributed by atoms with E-state index in [2.05, 4.69) is 22.2 Å². The molecule has 3 aromatic rings. The second kappa shape index (κ2) is 6.79. The van der Waals surface area contributed by atoms with Gasteiger partial charge in [-0.1, -0.05) is 24.3 Å². The van der Waals surface area contributed by atoms with E-state index in [1.54, 1.807) is 12.1 Å². The number of aromatic nitrogens is 2. The molecule has 2 N–H and O–H groups in total. The summed E-state index contributed by atoms with van der Waals surface area (Å²) in [6.07, 6.45) is 5.59. The van der Waals surface area contributed by atoms with Crippen LogP contribution in [-0.2, 0) is 6.54 Å². The van der Waals surface area contributed by atoms with Crippen molar-refractivity contribution in [3.63, 3.8) is 0 Å². The average Bonchev–Trinajstić information content (AvgIpc) is 3.01. The van der Waals surface area contributed by atoms with Crippen LogP contribution in [0, 0.1) is 0 Å². The third-order valence-electron chi connectivity index (χ3n) is 3.45. The zero-order valence-electron chi connectivity index (χ0n) is 12.7. The van der Waals surface area contributed by atoms with Crippen molar-refractivity contribution in [2.75, 3.05) is 11.9 Å². The highest BCUT2D eigenvalue weighted by Crippen LogP contribution is 2.16. The lowest BCUT2D eigenvalue weighted by atomic mass is 10.1. The van der Waals surface area contributed by atoms with Gasteiger partial charge in [-0.2, -0.15) is 0 Å². The molecule has 5 nitrogen and oxygen atoms in total. The Morgan fingerprint density at radius 3 is 2.87 bits per heavy atom. The number of para-hydroxylation sites is 1. The summed E-state index contributed by atoms with van der Waals surface area (Å²) in [5.74, 6) is -0.122. The van der Waals surface area contributed by atoms with E-state index in [4.69, 9.17) is 0 Å². The summed E-state index contributed by atoms with van der Waals surface area (Å²) in [5.41, 5.74) is 3.21. The van der Waals surface area contributed by atoms with Crippen molar-refractivity contribution in [1.29, 1.82) is 0 Å². The number of fused-ring (bicyclic) bond motifs is 1. The second-order valence-electron chi connectivity index (χ2n) is 5.10. The second-order valence-corrected chi connectivity index (χ2v) is 5.10. The van der Waals surface area contributed by atoms with E-state index in [0.717, 1.165) is 17.0 Å². The Hall–Kier alpha value is -3.08. The van der Waals surface area contributed by atoms with E-state index in [9.17, 15) is 4.79 Å². The van der Waals surface area contributed by atoms with Crippen molar-refractivity contribution in [3.8, 4) is 0 Å². The molecule has 2 aromatic heterocycles. The number of hydrogen-bond donors (Lipinski definition) is 2. The van der Waals surface area contributed by atoms with Crippen LogP contribution < -0.4 is 10.6 Å². The Kier molecular flexibility index (Phi) is 4.38. The Labute approximate surface area is 134 Å². The fraction of sp³-hybridized carbons (Fsp3) is 0.111. The van der Waals surface area contributed by atoms with E-state index < -0.39 is 0 Å². The molecular formula is C18H18N4O. The molecule has 0 saturated carbocycles. The van der Waals surface area contributed by atoms with E-state index in [1.165, 1.54) is 0 Å². The summed E-state index contributed by atoms with van der Waals surface area (Å²) in [7, 11) is 0. The molecular weight excluding hydrogens is 288 g/mol. The Bertz CT molecular complexity index is 805. The molecule has 0 aliphatic rings. The van der Waals surface area contributed by atoms with Gasteiger partial charge in [-0.3, -0.25) is 4.79 Å². The average molecular weight is 306 g/mol. The molecule has 0 aliphatic carbocycles. The van der Waals surface area contributed by atoms with Crippen LogP contribution in [0.1, 0.15) is 16.1 Å². The van der Waals surface area contributed by atoms with Gasteiger partial charge in [-0.15, -0.1) is 6.58 Å². The third-order valence-corrected chi connectivity index (χ3v) is 3.45. The number of carbonyl (C=O) groups is 1. The number of hydrogen-bond acceptors (Lipinski definition) is 3. The van der Waals surface area contributed by atoms with E-state index in [0.29, 0.717) is 18.7 Å². The first-order chi connectivity index (χ1) is 11.3. The van der Waals surface area contributed by atoms with Crippen molar-refractivity contribution in [3.05, 3.63) is 78.8 Å². The van der Waals surface area contributed by atoms with Gasteiger partial charge in [-0.05, 0) is 24.3 Å². The number of imidazole rings is 1. The van der Waals surface area contributed by atoms with Crippen molar-refractivity contribution >= 4 is 17.2 Å². The summed E-state index contributed by atoms with van der Waals surface area (Å²) in [6, 6.07) is 13.3. The first-order valence-electron chi connectivity index (χ1n) is 7.42. The normalized spacial score (nSPS) is 10.4. The maximum Gasteiger partial charge on any atom is 0.253 e. The molecule has 0 fully saturated rings. The van der Waals surface area contributed by atoms with Crippen LogP contribution in [-0.4, -0.2) is 21.8 Å². The van der Waals surface area contributed by atoms with Crippen molar-refractivity contribution < 1.29 is 4.79 Å². The molecule has 1 amide bonds. The lowest BCUT2D eigenvalue weighted by Gasteiger charge is -2.10. The van der Waals surface area contributed by atoms with Crippen LogP contribution in [0.15, 0.2) is 67.5 Å². The summed E-state index contributed by atoms with van der Waals surface area (Å²) >= 11 is 0. The van der Waals surface area contributed by atoms with E-state index in [1.807, 2.05) is 53.2 Å². The van der Waals surface area contributed by atoms with Gasteiger partial charge in [-0.25, -0.2) is 4.98 Å². The maximum atomic E-state index is 12.2. The minimum atomic E-state index is -0.122. The molecule has 2 heterocycles. The SMILES string of the molecule is C=CCNC(=O)c1ccccc1NCc1cn2ccccc2n1. The largest absolute Gasteiger partial charge is 0.379 e. The number of anilines is 1. The van der Waals surface area contributed by atoms with Crippen molar-refractivity contribution in [1.82, 2.24) is 14.7 Å². The zero-order chi connectivity index (χ0) is 16.1. The van der Waals surface area contributed by atoms with Gasteiger partial charge in [0.25, 0.3) is 5.91 Å². The number of amides is 1. The molecule has 3 rings (SSSR count). The number of carbonyl (C=O) groups excluding carboxylic acids is 1. The van der Waals surface area contributed by atoms with Crippen LogP contribution >= 0.6 is 0 Å². The number of benzene rings is 1. The number of nitrogens with one attached hydrogen (secondary N) is 2. The monoisotopic (exact) mass is 306 g/mol. The van der Waals surface area contributed by atoms with Crippen LogP contribution in [0.3, 0.4) is 0 Å². The highest BCUT2D eigenvalue weighted by molar-refractivity contribution is 5.99. The predicted octanol–water partition coefficient (Wildman–Crippen LogP) is 2.86. The number of pyridine rings is 1. The van der Waals surface area contributed by atoms with Crippen LogP contribution in [0.25, 0.3) is 5.65 Å². The first-order valence-corrected chi connectivity index (χ1v) is 7.42. The molecule has 0 radical (unpaired) electrons. The third kappa shape index (κ3) is 3.40. The fourth-order valence-electron chi connectivity index (χ4n) is 2.35. The summed E-state index contributed by atoms with van der Waals surface area (Å²) < 4.78 is 1.97. The summed E-state index contributed by atoms with van der Waals surface area (Å²) in [6.45, 7) is 4.60. The first kappa shape index (κ1) is 14.8. The molecule has 0 aliphatic heterocycles. The van der Waals surface area contributed by atoms with Gasteiger partial charge in [0, 0.05) is 24.6 Å². The van der Waals surface area contributed by atoms with Gasteiger partial charge in [0.1, 0.15) is 5.65 Å². The Balaban J connectivity index is 1.75. The minimum absolute atomic E-state index is 0.122. The highest BCUT2D eigenvalue weighted by Gasteiger charge is 2.10. The smallest absolute Gasteiger partial charge is 0.253 e. The molecule has 0 atom stereocenters. The fourth-order valence-corrected chi connectivity index (χ4v) is 2.35. The maximum absolute atomic E-state index is 12.2. The lowest BCUT2D eigenvalue weighted by Crippen LogP contribution is -2.24. The topological polar surface area (TPSA) is 58.4 Å². The molecule has 1 aromatic carbocycles. The van der Waals surface area contributed by atoms with Gasteiger partial charge in [0.15, 0.2) is 0 Å². The Morgan fingerprint density at radius 1 is 1.22 bits per heavy atom. The van der Waals surface area contributed by atoms with Gasteiger partial charge in [0.05, 0.1) is 17.8 Å². The molecule has 5 heteroatoms. The van der Waals surface area contributed by atoms with Gasteiger partial charge in [0.2, 0.25) is 0 Å². The van der Waals surface area contributed by atoms with Crippen molar-refractivity contribution in [2.24, 2.45) is 0 Å². The molecule has 0 bridgehead atoms. The van der Waals surface area contributed by atoms with Crippen molar-refractivity contribution in [2.45, 2.75) is 6.54 Å². The molecule has 0 saturated heterocycles. The van der Waals surface area contributed by atoms with E-state index >= 15 is 0 Å². The molecule has 23 heavy (non-hydrogen) atoms. The minimum Gasteiger partial charge on any atom is -0.379 e. The Morgan fingerprint density at radius 2 is 2.04 bits per heavy atom. The van der Waals surface area contributed by atoms with Crippen LogP contribution in [0.2, 0.25) is 0 Å². The summed E-state index contributed by atoms with van der Waals surface area (Å²) in [4.78, 5) is 16.7. The number of nitrogens with zero attached hydrogens (tertiary/aromatic N) is 2. The number of rotatable bonds is 6. The summed E-state index contributed by atoms with van der Waals surface area (Å²) in [5, 5.41) is 6.08. The predicted molar refractivity (Wildman–Crippen MR) is 91.5 cm³/mol. The van der Waals surface area contributed by atoms with Crippen LogP contribution in [0.5, 0.6) is 0 Å². The highest BCUT2D eigenvalue weighted by atomic mass is 16.1. The van der Waals surface area contributed by atoms with Gasteiger partial charge < -0.3 is 15.0 Å². The molecule has 0 spiro atoms. The van der Waals surface area contributed by atoms with Gasteiger partial charge >= 0.3 is 0 Å². The standard InChI is InChI=1S/C18H18N4O/c1-2-10-19-18(23)15-7-3-4-8-16(15)20-12-14-13-22-11-6-5-9-17(22)21-14/h2-9,11,13,20H,1,10,12H2,(H,19,23).